The maximum atomic E-state index is 13.1. The van der Waals surface area contributed by atoms with Crippen LogP contribution in [-0.2, 0) is 18.4 Å². The zero-order valence-electron chi connectivity index (χ0n) is 62.1. The molecular formula is C83H158N2O6P+. The molecule has 0 aliphatic rings. The number of quaternary nitrogens is 1. The molecule has 0 saturated carbocycles. The molecule has 0 heterocycles. The first kappa shape index (κ1) is 89.9. The molecular weight excluding hydrogens is 1150 g/mol. The summed E-state index contributed by atoms with van der Waals surface area (Å²) < 4.78 is 23.9. The van der Waals surface area contributed by atoms with Gasteiger partial charge in [-0.2, -0.15) is 0 Å². The molecule has 92 heavy (non-hydrogen) atoms. The van der Waals surface area contributed by atoms with Crippen molar-refractivity contribution < 1.29 is 32.9 Å². The Bertz CT molecular complexity index is 1730. The van der Waals surface area contributed by atoms with Crippen molar-refractivity contribution in [3.63, 3.8) is 0 Å². The number of phosphoric ester groups is 1. The van der Waals surface area contributed by atoms with E-state index >= 15 is 0 Å². The lowest BCUT2D eigenvalue weighted by Gasteiger charge is -2.25. The third-order valence-electron chi connectivity index (χ3n) is 18.4. The fraction of sp³-hybridized carbons (Fsp3) is 0.843. The maximum absolute atomic E-state index is 13.1. The summed E-state index contributed by atoms with van der Waals surface area (Å²) in [5, 5.41) is 14.0. The van der Waals surface area contributed by atoms with Gasteiger partial charge in [-0.05, 0) is 70.6 Å². The second kappa shape index (κ2) is 73.2. The van der Waals surface area contributed by atoms with Gasteiger partial charge in [0, 0.05) is 6.42 Å². The summed E-state index contributed by atoms with van der Waals surface area (Å²) in [6.45, 7) is 4.74. The number of hydrogen-bond donors (Lipinski definition) is 3. The molecule has 0 aliphatic heterocycles. The number of carbonyl (C=O) groups is 1. The molecule has 3 atom stereocenters. The van der Waals surface area contributed by atoms with Crippen molar-refractivity contribution in [2.24, 2.45) is 0 Å². The van der Waals surface area contributed by atoms with Gasteiger partial charge in [-0.15, -0.1) is 0 Å². The number of nitrogens with zero attached hydrogens (tertiary/aromatic N) is 1. The Hall–Kier alpha value is -2.06. The van der Waals surface area contributed by atoms with Crippen LogP contribution in [0.15, 0.2) is 72.9 Å². The quantitative estimate of drug-likeness (QED) is 0.0243. The van der Waals surface area contributed by atoms with Gasteiger partial charge in [-0.3, -0.25) is 13.8 Å². The number of likely N-dealkylation sites (N-methyl/N-ethyl adjacent to an activating group) is 1. The van der Waals surface area contributed by atoms with Crippen LogP contribution < -0.4 is 5.32 Å². The first-order valence-corrected chi connectivity index (χ1v) is 41.8. The molecule has 9 heteroatoms. The highest BCUT2D eigenvalue weighted by Crippen LogP contribution is 2.43. The van der Waals surface area contributed by atoms with E-state index in [9.17, 15) is 19.4 Å². The SMILES string of the molecule is CC/C=C\C/C=C\C/C=C\C/C=C\CCCCCCCCCCCCCCCCCCCCCCCCCCCCC(=O)NC(COP(=O)(O)OCC[N+](C)(C)C)C(O)/C=C/CC/C=C/CCCCCCCCCCCCCCCCCCCCCCCCCCC. The molecule has 0 aliphatic carbocycles. The van der Waals surface area contributed by atoms with Crippen LogP contribution in [0.25, 0.3) is 0 Å². The Morgan fingerprint density at radius 2 is 0.663 bits per heavy atom. The predicted octanol–water partition coefficient (Wildman–Crippen LogP) is 26.5. The van der Waals surface area contributed by atoms with Gasteiger partial charge in [0.25, 0.3) is 0 Å². The molecule has 0 aromatic rings. The summed E-state index contributed by atoms with van der Waals surface area (Å²) in [5.41, 5.74) is 0. The van der Waals surface area contributed by atoms with Crippen molar-refractivity contribution in [2.75, 3.05) is 40.9 Å². The van der Waals surface area contributed by atoms with Gasteiger partial charge in [-0.25, -0.2) is 4.57 Å². The Morgan fingerprint density at radius 3 is 1.00 bits per heavy atom. The minimum Gasteiger partial charge on any atom is -0.387 e. The monoisotopic (exact) mass is 1310 g/mol. The minimum atomic E-state index is -4.37. The second-order valence-electron chi connectivity index (χ2n) is 28.8. The van der Waals surface area contributed by atoms with Crippen molar-refractivity contribution in [3.05, 3.63) is 72.9 Å². The van der Waals surface area contributed by atoms with Crippen molar-refractivity contribution >= 4 is 13.7 Å². The van der Waals surface area contributed by atoms with E-state index in [0.29, 0.717) is 17.4 Å². The zero-order valence-corrected chi connectivity index (χ0v) is 62.9. The number of rotatable bonds is 75. The number of nitrogens with one attached hydrogen (secondary N) is 1. The number of hydrogen-bond acceptors (Lipinski definition) is 5. The maximum Gasteiger partial charge on any atom is 0.472 e. The molecule has 8 nitrogen and oxygen atoms in total. The topological polar surface area (TPSA) is 105 Å². The molecule has 0 aromatic heterocycles. The lowest BCUT2D eigenvalue weighted by atomic mass is 10.0. The Morgan fingerprint density at radius 1 is 0.380 bits per heavy atom. The molecule has 0 fully saturated rings. The van der Waals surface area contributed by atoms with Crippen LogP contribution >= 0.6 is 7.82 Å². The first-order chi connectivity index (χ1) is 45.0. The van der Waals surface area contributed by atoms with Gasteiger partial charge in [0.1, 0.15) is 13.2 Å². The van der Waals surface area contributed by atoms with Gasteiger partial charge < -0.3 is 19.8 Å². The molecule has 3 unspecified atom stereocenters. The molecule has 0 aromatic carbocycles. The van der Waals surface area contributed by atoms with Crippen LogP contribution in [0.3, 0.4) is 0 Å². The van der Waals surface area contributed by atoms with E-state index in [-0.39, 0.29) is 19.1 Å². The molecule has 0 rings (SSSR count). The summed E-state index contributed by atoms with van der Waals surface area (Å²) in [7, 11) is 1.57. The first-order valence-electron chi connectivity index (χ1n) is 40.3. The van der Waals surface area contributed by atoms with E-state index in [0.717, 1.165) is 64.2 Å². The number of amides is 1. The fourth-order valence-corrected chi connectivity index (χ4v) is 13.0. The van der Waals surface area contributed by atoms with E-state index in [4.69, 9.17) is 9.05 Å². The zero-order chi connectivity index (χ0) is 66.9. The van der Waals surface area contributed by atoms with Crippen LogP contribution in [0.4, 0.5) is 0 Å². The molecule has 0 spiro atoms. The molecule has 1 amide bonds. The largest absolute Gasteiger partial charge is 0.472 e. The molecule has 0 saturated heterocycles. The van der Waals surface area contributed by atoms with Crippen LogP contribution in [0.5, 0.6) is 0 Å². The number of carbonyl (C=O) groups excluding carboxylic acids is 1. The lowest BCUT2D eigenvalue weighted by Crippen LogP contribution is -2.45. The molecule has 0 radical (unpaired) electrons. The summed E-state index contributed by atoms with van der Waals surface area (Å²) in [6.07, 6.45) is 104. The number of unbranched alkanes of at least 4 members (excludes halogenated alkanes) is 52. The van der Waals surface area contributed by atoms with Gasteiger partial charge in [0.15, 0.2) is 0 Å². The minimum absolute atomic E-state index is 0.0570. The molecule has 3 N–H and O–H groups in total. The highest BCUT2D eigenvalue weighted by Gasteiger charge is 2.28. The van der Waals surface area contributed by atoms with Crippen LogP contribution in [0, 0.1) is 0 Å². The highest BCUT2D eigenvalue weighted by atomic mass is 31.2. The fourth-order valence-electron chi connectivity index (χ4n) is 12.2. The van der Waals surface area contributed by atoms with Gasteiger partial charge in [0.05, 0.1) is 39.9 Å². The van der Waals surface area contributed by atoms with Crippen molar-refractivity contribution in [1.29, 1.82) is 0 Å². The number of phosphoric acid groups is 1. The average molecular weight is 1310 g/mol. The van der Waals surface area contributed by atoms with Gasteiger partial charge >= 0.3 is 7.82 Å². The molecule has 540 valence electrons. The predicted molar refractivity (Wildman–Crippen MR) is 406 cm³/mol. The van der Waals surface area contributed by atoms with Crippen LogP contribution in [0.2, 0.25) is 0 Å². The van der Waals surface area contributed by atoms with Gasteiger partial charge in [-0.1, -0.05) is 395 Å². The third kappa shape index (κ3) is 75.3. The standard InChI is InChI=1S/C83H157N2O6P/c1-6-8-10-12-14-16-18-20-22-24-26-28-30-32-34-36-38-39-40-41-42-43-44-45-47-49-51-53-55-57-59-61-63-65-67-69-71-73-75-77-83(87)84-81(80-91-92(88,89)90-79-78-85(3,4)5)82(86)76-74-72-70-68-66-64-62-60-58-56-54-52-50-48-46-37-35-33-31-29-27-25-23-21-19-17-15-13-11-9-7-2/h8,10,14,16,20,22,26,28,66,68,74,76,81-82,86H,6-7,9,11-13,15,17-19,21,23-25,27,29-65,67,69-73,75,77-80H2,1-5H3,(H-,84,87,88,89)/p+1/b10-8-,16-14-,22-20-,28-26-,68-66+,76-74+. The summed E-state index contributed by atoms with van der Waals surface area (Å²) in [6, 6.07) is -0.866. The third-order valence-corrected chi connectivity index (χ3v) is 19.4. The van der Waals surface area contributed by atoms with Crippen molar-refractivity contribution in [3.8, 4) is 0 Å². The van der Waals surface area contributed by atoms with E-state index < -0.39 is 20.0 Å². The van der Waals surface area contributed by atoms with E-state index in [2.05, 4.69) is 79.9 Å². The van der Waals surface area contributed by atoms with E-state index in [1.165, 1.54) is 315 Å². The van der Waals surface area contributed by atoms with E-state index in [1.54, 1.807) is 6.08 Å². The van der Waals surface area contributed by atoms with Crippen LogP contribution in [0.1, 0.15) is 399 Å². The Balaban J connectivity index is 3.96. The van der Waals surface area contributed by atoms with Crippen LogP contribution in [-0.4, -0.2) is 73.4 Å². The average Bonchev–Trinajstić information content (AvgIpc) is 2.63. The molecule has 0 bridgehead atoms. The number of aliphatic hydroxyl groups is 1. The summed E-state index contributed by atoms with van der Waals surface area (Å²) in [5.74, 6) is -0.179. The normalized spacial score (nSPS) is 13.9. The van der Waals surface area contributed by atoms with Crippen molar-refractivity contribution in [1.82, 2.24) is 5.32 Å². The second-order valence-corrected chi connectivity index (χ2v) is 30.2. The summed E-state index contributed by atoms with van der Waals surface area (Å²) >= 11 is 0. The lowest BCUT2D eigenvalue weighted by molar-refractivity contribution is -0.870. The summed E-state index contributed by atoms with van der Waals surface area (Å²) in [4.78, 5) is 23.5. The highest BCUT2D eigenvalue weighted by molar-refractivity contribution is 7.47. The number of aliphatic hydroxyl groups excluding tert-OH is 1. The Kier molecular flexibility index (Phi) is 71.6. The van der Waals surface area contributed by atoms with Crippen molar-refractivity contribution in [2.45, 2.75) is 411 Å². The Labute approximate surface area is 574 Å². The van der Waals surface area contributed by atoms with Gasteiger partial charge in [0.2, 0.25) is 5.91 Å². The van der Waals surface area contributed by atoms with E-state index in [1.807, 2.05) is 27.2 Å². The number of allylic oxidation sites excluding steroid dienone is 11. The smallest absolute Gasteiger partial charge is 0.387 e.